The number of halogens is 2. The monoisotopic (exact) mass is 534 g/mol. The third kappa shape index (κ3) is 3.17. The molecule has 0 radical (unpaired) electrons. The van der Waals surface area contributed by atoms with Crippen molar-refractivity contribution in [2.45, 2.75) is 11.5 Å². The summed E-state index contributed by atoms with van der Waals surface area (Å²) in [5, 5.41) is 1.82. The number of nitrogens with zero attached hydrogens (tertiary/aromatic N) is 2. The van der Waals surface area contributed by atoms with Gasteiger partial charge in [0.25, 0.3) is 0 Å². The zero-order chi connectivity index (χ0) is 27.8. The fourth-order valence-electron chi connectivity index (χ4n) is 7.90. The molecule has 2 heterocycles. The predicted octanol–water partition coefficient (Wildman–Crippen LogP) is 5.82. The fraction of sp³-hybridized carbons (Fsp3) is 0.235. The number of piperidine rings is 1. The molecule has 2 spiro atoms. The lowest BCUT2D eigenvalue weighted by molar-refractivity contribution is -0.134. The second-order valence-electron chi connectivity index (χ2n) is 11.4. The van der Waals surface area contributed by atoms with Gasteiger partial charge in [0.2, 0.25) is 0 Å². The van der Waals surface area contributed by atoms with E-state index in [1.165, 1.54) is 24.3 Å². The van der Waals surface area contributed by atoms with Crippen LogP contribution in [0, 0.1) is 17.0 Å². The highest BCUT2D eigenvalue weighted by molar-refractivity contribution is 6.24. The molecule has 0 aromatic heterocycles. The van der Waals surface area contributed by atoms with E-state index in [0.29, 0.717) is 41.9 Å². The van der Waals surface area contributed by atoms with E-state index in [-0.39, 0.29) is 23.2 Å². The van der Waals surface area contributed by atoms with Crippen molar-refractivity contribution in [3.8, 4) is 0 Å². The summed E-state index contributed by atoms with van der Waals surface area (Å²) in [5.41, 5.74) is 0.655. The highest BCUT2D eigenvalue weighted by Gasteiger charge is 2.74. The molecule has 200 valence electrons. The molecular formula is C34H28F2N2O2. The van der Waals surface area contributed by atoms with Crippen LogP contribution < -0.4 is 0 Å². The number of ketones is 2. The first-order valence-electron chi connectivity index (χ1n) is 13.5. The highest BCUT2D eigenvalue weighted by atomic mass is 19.1. The highest BCUT2D eigenvalue weighted by Crippen LogP contribution is 2.65. The largest absolute Gasteiger partial charge is 0.301 e. The van der Waals surface area contributed by atoms with Crippen LogP contribution in [0.4, 0.5) is 8.78 Å². The number of carbonyl (C=O) groups is 2. The summed E-state index contributed by atoms with van der Waals surface area (Å²) in [6, 6.07) is 24.2. The van der Waals surface area contributed by atoms with Crippen LogP contribution in [0.5, 0.6) is 0 Å². The van der Waals surface area contributed by atoms with Crippen LogP contribution >= 0.6 is 0 Å². The van der Waals surface area contributed by atoms with E-state index < -0.39 is 16.9 Å². The summed E-state index contributed by atoms with van der Waals surface area (Å²) >= 11 is 0. The van der Waals surface area contributed by atoms with Gasteiger partial charge < -0.3 is 4.90 Å². The summed E-state index contributed by atoms with van der Waals surface area (Å²) < 4.78 is 28.8. The van der Waals surface area contributed by atoms with Crippen molar-refractivity contribution in [3.63, 3.8) is 0 Å². The molecule has 2 fully saturated rings. The fourth-order valence-corrected chi connectivity index (χ4v) is 7.90. The molecule has 1 aliphatic carbocycles. The van der Waals surface area contributed by atoms with Gasteiger partial charge in [0, 0.05) is 36.7 Å². The second kappa shape index (κ2) is 8.75. The van der Waals surface area contributed by atoms with Gasteiger partial charge in [0.05, 0.1) is 5.41 Å². The normalized spacial score (nSPS) is 27.6. The summed E-state index contributed by atoms with van der Waals surface area (Å²) in [7, 11) is 3.84. The maximum atomic E-state index is 15.1. The molecule has 3 aliphatic rings. The zero-order valence-corrected chi connectivity index (χ0v) is 22.3. The topological polar surface area (TPSA) is 40.6 Å². The van der Waals surface area contributed by atoms with Crippen LogP contribution in [-0.4, -0.2) is 55.1 Å². The van der Waals surface area contributed by atoms with E-state index in [1.807, 2.05) is 61.5 Å². The molecule has 7 rings (SSSR count). The molecular weight excluding hydrogens is 506 g/mol. The maximum absolute atomic E-state index is 15.1. The van der Waals surface area contributed by atoms with E-state index in [4.69, 9.17) is 0 Å². The molecule has 4 aromatic carbocycles. The summed E-state index contributed by atoms with van der Waals surface area (Å²) in [4.78, 5) is 34.0. The van der Waals surface area contributed by atoms with Gasteiger partial charge in [-0.15, -0.1) is 0 Å². The number of fused-ring (bicyclic) bond motifs is 2. The van der Waals surface area contributed by atoms with E-state index in [9.17, 15) is 13.6 Å². The molecule has 4 aromatic rings. The average Bonchev–Trinajstić information content (AvgIpc) is 3.34. The minimum atomic E-state index is -1.29. The smallest absolute Gasteiger partial charge is 0.189 e. The number of rotatable bonds is 2. The Bertz CT molecular complexity index is 1760. The summed E-state index contributed by atoms with van der Waals surface area (Å²) in [6.45, 7) is 1.07. The molecule has 0 amide bonds. The molecule has 40 heavy (non-hydrogen) atoms. The van der Waals surface area contributed by atoms with E-state index >= 15 is 4.79 Å². The number of hydrogen-bond acceptors (Lipinski definition) is 4. The van der Waals surface area contributed by atoms with Crippen molar-refractivity contribution in [1.82, 2.24) is 9.80 Å². The van der Waals surface area contributed by atoms with E-state index in [2.05, 4.69) is 4.90 Å². The first-order chi connectivity index (χ1) is 19.3. The van der Waals surface area contributed by atoms with Crippen molar-refractivity contribution >= 4 is 28.4 Å². The average molecular weight is 535 g/mol. The molecule has 2 aliphatic heterocycles. The Morgan fingerprint density at radius 3 is 2.30 bits per heavy atom. The molecule has 3 atom stereocenters. The van der Waals surface area contributed by atoms with Gasteiger partial charge in [-0.05, 0) is 71.9 Å². The lowest BCUT2D eigenvalue weighted by Crippen LogP contribution is -2.64. The van der Waals surface area contributed by atoms with Crippen molar-refractivity contribution in [3.05, 3.63) is 124 Å². The van der Waals surface area contributed by atoms with Gasteiger partial charge in [0.1, 0.15) is 17.2 Å². The minimum absolute atomic E-state index is 0.102. The lowest BCUT2D eigenvalue weighted by Gasteiger charge is -2.51. The molecule has 6 heteroatoms. The predicted molar refractivity (Wildman–Crippen MR) is 151 cm³/mol. The van der Waals surface area contributed by atoms with E-state index in [0.717, 1.165) is 16.3 Å². The first kappa shape index (κ1) is 25.0. The lowest BCUT2D eigenvalue weighted by atomic mass is 9.55. The Labute approximate surface area is 231 Å². The Morgan fingerprint density at radius 1 is 0.850 bits per heavy atom. The minimum Gasteiger partial charge on any atom is -0.301 e. The number of Topliss-reactive ketones (excluding diaryl/α,β-unsaturated/α-hetero) is 2. The van der Waals surface area contributed by atoms with Gasteiger partial charge in [-0.25, -0.2) is 8.78 Å². The summed E-state index contributed by atoms with van der Waals surface area (Å²) in [6.07, 6.45) is 1.74. The number of carbonyl (C=O) groups excluding carboxylic acids is 2. The SMILES string of the molecule is CN1C/C(=C\c2cccc(F)c2)C(=O)[C@]2(C1)[C@@H](c1cccc(F)c1)CN(C)[C@@]21C(=O)c2cccc3cccc1c23. The third-order valence-corrected chi connectivity index (χ3v) is 9.23. The van der Waals surface area contributed by atoms with Crippen molar-refractivity contribution < 1.29 is 18.4 Å². The summed E-state index contributed by atoms with van der Waals surface area (Å²) in [5.74, 6) is -1.48. The van der Waals surface area contributed by atoms with Crippen LogP contribution in [0.1, 0.15) is 33.0 Å². The molecule has 4 nitrogen and oxygen atoms in total. The molecule has 0 N–H and O–H groups in total. The Balaban J connectivity index is 1.54. The van der Waals surface area contributed by atoms with Crippen molar-refractivity contribution in [2.24, 2.45) is 5.41 Å². The van der Waals surface area contributed by atoms with Gasteiger partial charge >= 0.3 is 0 Å². The van der Waals surface area contributed by atoms with Crippen LogP contribution in [0.15, 0.2) is 90.5 Å². The van der Waals surface area contributed by atoms with Crippen molar-refractivity contribution in [1.29, 1.82) is 0 Å². The first-order valence-corrected chi connectivity index (χ1v) is 13.5. The molecule has 0 bridgehead atoms. The Morgan fingerprint density at radius 2 is 1.55 bits per heavy atom. The Kier molecular flexibility index (Phi) is 5.47. The van der Waals surface area contributed by atoms with Crippen LogP contribution in [0.25, 0.3) is 16.8 Å². The molecule has 0 unspecified atom stereocenters. The van der Waals surface area contributed by atoms with Crippen molar-refractivity contribution in [2.75, 3.05) is 33.7 Å². The molecule has 0 saturated carbocycles. The van der Waals surface area contributed by atoms with Gasteiger partial charge in [-0.3, -0.25) is 14.5 Å². The van der Waals surface area contributed by atoms with E-state index in [1.54, 1.807) is 24.3 Å². The number of likely N-dealkylation sites (N-methyl/N-ethyl adjacent to an activating group) is 2. The Hall–Kier alpha value is -4.00. The second-order valence-corrected chi connectivity index (χ2v) is 11.4. The van der Waals surface area contributed by atoms with Gasteiger partial charge in [0.15, 0.2) is 11.6 Å². The van der Waals surface area contributed by atoms with Crippen LogP contribution in [-0.2, 0) is 10.3 Å². The number of likely N-dealkylation sites (tertiary alicyclic amines) is 2. The van der Waals surface area contributed by atoms with Gasteiger partial charge in [-0.2, -0.15) is 0 Å². The standard InChI is InChI=1S/C34H28F2N2O2/c1-37-18-24(15-21-7-3-11-25(35)16-21)31(39)33(20-37)29(23-10-4-12-26(36)17-23)19-38(2)34(33)28-14-6-9-22-8-5-13-27(30(22)28)32(34)40/h3-17,29H,18-20H2,1-2H3/b24-15+/t29-,33+,34+/m1/s1. The van der Waals surface area contributed by atoms with Crippen LogP contribution in [0.2, 0.25) is 0 Å². The zero-order valence-electron chi connectivity index (χ0n) is 22.3. The number of hydrogen-bond donors (Lipinski definition) is 0. The van der Waals surface area contributed by atoms with Gasteiger partial charge in [-0.1, -0.05) is 60.7 Å². The van der Waals surface area contributed by atoms with Crippen LogP contribution in [0.3, 0.4) is 0 Å². The quantitative estimate of drug-likeness (QED) is 0.304. The third-order valence-electron chi connectivity index (χ3n) is 9.23. The molecule has 2 saturated heterocycles. The maximum Gasteiger partial charge on any atom is 0.189 e. The number of benzene rings is 4.